The van der Waals surface area contributed by atoms with Crippen LogP contribution in [0.15, 0.2) is 39.5 Å². The lowest BCUT2D eigenvalue weighted by Gasteiger charge is -2.11. The van der Waals surface area contributed by atoms with Crippen molar-refractivity contribution in [3.05, 3.63) is 51.9 Å². The van der Waals surface area contributed by atoms with Gasteiger partial charge in [0.05, 0.1) is 17.6 Å². The lowest BCUT2D eigenvalue weighted by molar-refractivity contribution is 0.0492. The van der Waals surface area contributed by atoms with Gasteiger partial charge in [-0.15, -0.1) is 0 Å². The van der Waals surface area contributed by atoms with Crippen LogP contribution in [0, 0.1) is 0 Å². The molecule has 0 fully saturated rings. The second-order valence-electron chi connectivity index (χ2n) is 6.25. The van der Waals surface area contributed by atoms with Gasteiger partial charge in [-0.3, -0.25) is 4.79 Å². The number of phenols is 1. The van der Waals surface area contributed by atoms with Crippen molar-refractivity contribution in [2.75, 3.05) is 13.4 Å². The first-order chi connectivity index (χ1) is 13.5. The lowest BCUT2D eigenvalue weighted by atomic mass is 10.00. The number of fused-ring (bicyclic) bond motifs is 2. The van der Waals surface area contributed by atoms with Crippen LogP contribution < -0.4 is 14.9 Å². The zero-order valence-corrected chi connectivity index (χ0v) is 15.4. The molecule has 0 radical (unpaired) electrons. The molecular formula is C21H18O7. The Morgan fingerprint density at radius 1 is 1.14 bits per heavy atom. The summed E-state index contributed by atoms with van der Waals surface area (Å²) < 4.78 is 21.5. The van der Waals surface area contributed by atoms with Crippen molar-refractivity contribution in [3.8, 4) is 28.4 Å². The van der Waals surface area contributed by atoms with Gasteiger partial charge in [0, 0.05) is 6.07 Å². The summed E-state index contributed by atoms with van der Waals surface area (Å²) in [6.07, 6.45) is 0.542. The van der Waals surface area contributed by atoms with Gasteiger partial charge in [-0.2, -0.15) is 0 Å². The predicted molar refractivity (Wildman–Crippen MR) is 101 cm³/mol. The molecule has 0 aliphatic carbocycles. The molecule has 1 aliphatic heterocycles. The van der Waals surface area contributed by atoms with Crippen LogP contribution in [0.3, 0.4) is 0 Å². The zero-order valence-electron chi connectivity index (χ0n) is 15.4. The topological polar surface area (TPSA) is 95.2 Å². The van der Waals surface area contributed by atoms with Crippen molar-refractivity contribution in [2.24, 2.45) is 0 Å². The quantitative estimate of drug-likeness (QED) is 0.688. The molecule has 1 aliphatic rings. The standard InChI is InChI=1S/C21H18O7/c1-3-11-7-13-16(9-14(11)22)28-20(21(24)25-4-2)18(19(13)23)12-5-6-15-17(8-12)27-10-26-15/h5-9,22H,3-4,10H2,1-2H3. The van der Waals surface area contributed by atoms with Gasteiger partial charge in [-0.25, -0.2) is 4.79 Å². The van der Waals surface area contributed by atoms with Crippen molar-refractivity contribution < 1.29 is 28.5 Å². The summed E-state index contributed by atoms with van der Waals surface area (Å²) in [6.45, 7) is 3.75. The van der Waals surface area contributed by atoms with Crippen LogP contribution in [-0.2, 0) is 11.2 Å². The van der Waals surface area contributed by atoms with Gasteiger partial charge in [0.1, 0.15) is 11.3 Å². The molecule has 7 nitrogen and oxygen atoms in total. The summed E-state index contributed by atoms with van der Waals surface area (Å²) in [7, 11) is 0. The number of aryl methyl sites for hydroxylation is 1. The Morgan fingerprint density at radius 2 is 1.93 bits per heavy atom. The van der Waals surface area contributed by atoms with Crippen LogP contribution in [0.2, 0.25) is 0 Å². The summed E-state index contributed by atoms with van der Waals surface area (Å²) in [5, 5.41) is 10.4. The SMILES string of the molecule is CCOC(=O)c1oc2cc(O)c(CC)cc2c(=O)c1-c1ccc2c(c1)OCO2. The van der Waals surface area contributed by atoms with Gasteiger partial charge in [0.2, 0.25) is 18.0 Å². The molecule has 0 amide bonds. The number of aromatic hydroxyl groups is 1. The predicted octanol–water partition coefficient (Wildman–Crippen LogP) is 3.63. The fraction of sp³-hybridized carbons (Fsp3) is 0.238. The molecule has 0 atom stereocenters. The molecule has 7 heteroatoms. The molecule has 0 spiro atoms. The number of phenolic OH excluding ortho intramolecular Hbond substituents is 1. The second-order valence-corrected chi connectivity index (χ2v) is 6.25. The summed E-state index contributed by atoms with van der Waals surface area (Å²) in [5.41, 5.74) is 0.872. The fourth-order valence-electron chi connectivity index (χ4n) is 3.21. The number of benzene rings is 2. The first-order valence-electron chi connectivity index (χ1n) is 8.93. The average Bonchev–Trinajstić information content (AvgIpc) is 3.15. The van der Waals surface area contributed by atoms with Gasteiger partial charge < -0.3 is 23.7 Å². The minimum atomic E-state index is -0.756. The maximum atomic E-state index is 13.3. The van der Waals surface area contributed by atoms with Crippen LogP contribution in [-0.4, -0.2) is 24.5 Å². The number of ether oxygens (including phenoxy) is 3. The molecule has 2 aromatic carbocycles. The van der Waals surface area contributed by atoms with Crippen molar-refractivity contribution in [1.29, 1.82) is 0 Å². The highest BCUT2D eigenvalue weighted by atomic mass is 16.7. The van der Waals surface area contributed by atoms with Crippen LogP contribution in [0.5, 0.6) is 17.2 Å². The largest absolute Gasteiger partial charge is 0.508 e. The number of carbonyl (C=O) groups excluding carboxylic acids is 1. The van der Waals surface area contributed by atoms with Gasteiger partial charge >= 0.3 is 5.97 Å². The summed E-state index contributed by atoms with van der Waals surface area (Å²) >= 11 is 0. The van der Waals surface area contributed by atoms with Crippen molar-refractivity contribution in [1.82, 2.24) is 0 Å². The molecule has 2 heterocycles. The third-order valence-corrected chi connectivity index (χ3v) is 4.59. The average molecular weight is 382 g/mol. The molecule has 3 aromatic rings. The molecule has 0 unspecified atom stereocenters. The van der Waals surface area contributed by atoms with Crippen molar-refractivity contribution in [3.63, 3.8) is 0 Å². The van der Waals surface area contributed by atoms with Gasteiger partial charge in [-0.1, -0.05) is 13.0 Å². The number of hydrogen-bond donors (Lipinski definition) is 1. The van der Waals surface area contributed by atoms with Crippen LogP contribution in [0.4, 0.5) is 0 Å². The third kappa shape index (κ3) is 2.85. The van der Waals surface area contributed by atoms with Crippen molar-refractivity contribution in [2.45, 2.75) is 20.3 Å². The van der Waals surface area contributed by atoms with E-state index in [1.54, 1.807) is 31.2 Å². The van der Waals surface area contributed by atoms with E-state index in [0.29, 0.717) is 29.0 Å². The van der Waals surface area contributed by atoms with Gasteiger partial charge in [0.15, 0.2) is 11.5 Å². The van der Waals surface area contributed by atoms with Crippen molar-refractivity contribution >= 4 is 16.9 Å². The highest BCUT2D eigenvalue weighted by Gasteiger charge is 2.25. The van der Waals surface area contributed by atoms with Gasteiger partial charge in [0.25, 0.3) is 0 Å². The Bertz CT molecular complexity index is 1140. The molecular weight excluding hydrogens is 364 g/mol. The Hall–Kier alpha value is -3.48. The maximum absolute atomic E-state index is 13.3. The highest BCUT2D eigenvalue weighted by molar-refractivity contribution is 5.98. The van der Waals surface area contributed by atoms with E-state index in [1.165, 1.54) is 6.07 Å². The van der Waals surface area contributed by atoms with E-state index in [9.17, 15) is 14.7 Å². The molecule has 4 rings (SSSR count). The molecule has 0 saturated heterocycles. The maximum Gasteiger partial charge on any atom is 0.375 e. The number of rotatable bonds is 4. The molecule has 1 aromatic heterocycles. The highest BCUT2D eigenvalue weighted by Crippen LogP contribution is 2.37. The lowest BCUT2D eigenvalue weighted by Crippen LogP contribution is -2.15. The van der Waals surface area contributed by atoms with E-state index in [2.05, 4.69) is 0 Å². The molecule has 0 saturated carbocycles. The minimum Gasteiger partial charge on any atom is -0.508 e. The van der Waals surface area contributed by atoms with E-state index in [1.807, 2.05) is 6.92 Å². The first kappa shape index (κ1) is 17.9. The third-order valence-electron chi connectivity index (χ3n) is 4.59. The fourth-order valence-corrected chi connectivity index (χ4v) is 3.21. The van der Waals surface area contributed by atoms with E-state index >= 15 is 0 Å². The van der Waals surface area contributed by atoms with Gasteiger partial charge in [-0.05, 0) is 42.7 Å². The summed E-state index contributed by atoms with van der Waals surface area (Å²) in [5.74, 6) is 0.0652. The van der Waals surface area contributed by atoms with Crippen LogP contribution in [0.25, 0.3) is 22.1 Å². The van der Waals surface area contributed by atoms with Crippen LogP contribution >= 0.6 is 0 Å². The molecule has 1 N–H and O–H groups in total. The van der Waals surface area contributed by atoms with E-state index in [0.717, 1.165) is 0 Å². The molecule has 28 heavy (non-hydrogen) atoms. The summed E-state index contributed by atoms with van der Waals surface area (Å²) in [6, 6.07) is 7.90. The Balaban J connectivity index is 2.03. The summed E-state index contributed by atoms with van der Waals surface area (Å²) in [4.78, 5) is 25.8. The Labute approximate surface area is 160 Å². The minimum absolute atomic E-state index is 0.00351. The number of esters is 1. The zero-order chi connectivity index (χ0) is 19.8. The Morgan fingerprint density at radius 3 is 2.68 bits per heavy atom. The number of hydrogen-bond acceptors (Lipinski definition) is 7. The Kier molecular flexibility index (Phi) is 4.43. The molecule has 144 valence electrons. The van der Waals surface area contributed by atoms with E-state index < -0.39 is 11.4 Å². The number of carbonyl (C=O) groups is 1. The van der Waals surface area contributed by atoms with E-state index in [4.69, 9.17) is 18.6 Å². The normalized spacial score (nSPS) is 12.4. The monoisotopic (exact) mass is 382 g/mol. The molecule has 0 bridgehead atoms. The second kappa shape index (κ2) is 6.92. The first-order valence-corrected chi connectivity index (χ1v) is 8.93. The smallest absolute Gasteiger partial charge is 0.375 e. The van der Waals surface area contributed by atoms with E-state index in [-0.39, 0.29) is 41.4 Å². The van der Waals surface area contributed by atoms with Crippen LogP contribution in [0.1, 0.15) is 30.0 Å².